The number of halogens is 1. The molecule has 19 heavy (non-hydrogen) atoms. The number of nitrogens with zero attached hydrogens (tertiary/aromatic N) is 2. The fraction of sp³-hybridized carbons (Fsp3) is 0.333. The van der Waals surface area contributed by atoms with Gasteiger partial charge in [-0.15, -0.1) is 0 Å². The molecule has 0 spiro atoms. The highest BCUT2D eigenvalue weighted by molar-refractivity contribution is 5.97. The largest absolute Gasteiger partial charge is 0.294 e. The Hall–Kier alpha value is -1.97. The quantitative estimate of drug-likeness (QED) is 0.793. The molecule has 0 N–H and O–H groups in total. The van der Waals surface area contributed by atoms with E-state index in [-0.39, 0.29) is 11.5 Å². The number of carbonyl (C=O) groups excluding carboxylic acids is 1. The zero-order valence-corrected chi connectivity index (χ0v) is 11.6. The van der Waals surface area contributed by atoms with E-state index in [2.05, 4.69) is 5.10 Å². The minimum absolute atomic E-state index is 0.167. The summed E-state index contributed by atoms with van der Waals surface area (Å²) in [4.78, 5) is 11.7. The summed E-state index contributed by atoms with van der Waals surface area (Å²) in [5.41, 5.74) is 3.45. The van der Waals surface area contributed by atoms with Crippen molar-refractivity contribution in [3.05, 3.63) is 46.5 Å². The topological polar surface area (TPSA) is 34.9 Å². The van der Waals surface area contributed by atoms with Crippen molar-refractivity contribution in [1.29, 1.82) is 0 Å². The van der Waals surface area contributed by atoms with E-state index in [9.17, 15) is 9.18 Å². The summed E-state index contributed by atoms with van der Waals surface area (Å²) < 4.78 is 15.6. The van der Waals surface area contributed by atoms with Gasteiger partial charge in [0.25, 0.3) is 0 Å². The number of hydrogen-bond donors (Lipinski definition) is 0. The average molecular weight is 260 g/mol. The molecule has 0 radical (unpaired) electrons. The predicted molar refractivity (Wildman–Crippen MR) is 72.4 cm³/mol. The van der Waals surface area contributed by atoms with Crippen LogP contribution >= 0.6 is 0 Å². The Labute approximate surface area is 112 Å². The number of ketones is 1. The van der Waals surface area contributed by atoms with Gasteiger partial charge in [0.05, 0.1) is 5.69 Å². The Kier molecular flexibility index (Phi) is 3.51. The summed E-state index contributed by atoms with van der Waals surface area (Å²) >= 11 is 0. The monoisotopic (exact) mass is 260 g/mol. The second kappa shape index (κ2) is 4.96. The van der Waals surface area contributed by atoms with Crippen LogP contribution < -0.4 is 0 Å². The van der Waals surface area contributed by atoms with Crippen molar-refractivity contribution in [2.24, 2.45) is 0 Å². The molecule has 0 fully saturated rings. The molecule has 0 saturated heterocycles. The molecular weight excluding hydrogens is 243 g/mol. The van der Waals surface area contributed by atoms with E-state index in [0.29, 0.717) is 5.56 Å². The lowest BCUT2D eigenvalue weighted by molar-refractivity contribution is 0.101. The van der Waals surface area contributed by atoms with E-state index in [1.54, 1.807) is 16.8 Å². The van der Waals surface area contributed by atoms with E-state index in [1.165, 1.54) is 13.0 Å². The zero-order valence-electron chi connectivity index (χ0n) is 11.6. The van der Waals surface area contributed by atoms with Crippen LogP contribution in [0.2, 0.25) is 0 Å². The Morgan fingerprint density at radius 3 is 2.58 bits per heavy atom. The van der Waals surface area contributed by atoms with Crippen LogP contribution in [0.1, 0.15) is 41.2 Å². The van der Waals surface area contributed by atoms with Crippen LogP contribution in [0.15, 0.2) is 18.2 Å². The number of aryl methyl sites for hydroxylation is 1. The minimum atomic E-state index is -0.430. The number of carbonyl (C=O) groups is 1. The highest BCUT2D eigenvalue weighted by Gasteiger charge is 2.19. The maximum absolute atomic E-state index is 14.1. The van der Waals surface area contributed by atoms with Crippen LogP contribution in [0.3, 0.4) is 0 Å². The summed E-state index contributed by atoms with van der Waals surface area (Å²) in [6.07, 6.45) is 0.835. The van der Waals surface area contributed by atoms with Crippen molar-refractivity contribution < 1.29 is 9.18 Å². The lowest BCUT2D eigenvalue weighted by Gasteiger charge is -2.10. The predicted octanol–water partition coefficient (Wildman–Crippen LogP) is 3.39. The normalized spacial score (nSPS) is 10.8. The number of benzene rings is 1. The molecule has 2 aromatic rings. The van der Waals surface area contributed by atoms with Crippen molar-refractivity contribution in [3.63, 3.8) is 0 Å². The fourth-order valence-electron chi connectivity index (χ4n) is 2.42. The number of hydrogen-bond acceptors (Lipinski definition) is 2. The third-order valence-electron chi connectivity index (χ3n) is 3.37. The third-order valence-corrected chi connectivity index (χ3v) is 3.37. The molecular formula is C15H17FN2O. The summed E-state index contributed by atoms with van der Waals surface area (Å²) in [7, 11) is 0. The van der Waals surface area contributed by atoms with E-state index in [0.717, 1.165) is 23.4 Å². The molecule has 0 saturated carbocycles. The zero-order chi connectivity index (χ0) is 14.2. The molecule has 4 heteroatoms. The number of rotatable bonds is 3. The van der Waals surface area contributed by atoms with Crippen LogP contribution in [0.4, 0.5) is 4.39 Å². The number of aromatic nitrogens is 2. The molecule has 0 unspecified atom stereocenters. The fourth-order valence-corrected chi connectivity index (χ4v) is 2.42. The summed E-state index contributed by atoms with van der Waals surface area (Å²) in [5.74, 6) is -0.596. The van der Waals surface area contributed by atoms with Crippen LogP contribution in [0.25, 0.3) is 5.69 Å². The Bertz CT molecular complexity index is 644. The highest BCUT2D eigenvalue weighted by atomic mass is 19.1. The van der Waals surface area contributed by atoms with Gasteiger partial charge in [-0.1, -0.05) is 13.0 Å². The van der Waals surface area contributed by atoms with Gasteiger partial charge in [0.15, 0.2) is 5.78 Å². The molecule has 1 heterocycles. The molecule has 100 valence electrons. The molecule has 1 aromatic heterocycles. The van der Waals surface area contributed by atoms with Gasteiger partial charge < -0.3 is 0 Å². The van der Waals surface area contributed by atoms with Crippen LogP contribution in [-0.2, 0) is 6.42 Å². The van der Waals surface area contributed by atoms with Crippen LogP contribution in [0.5, 0.6) is 0 Å². The van der Waals surface area contributed by atoms with Gasteiger partial charge in [0, 0.05) is 11.3 Å². The van der Waals surface area contributed by atoms with Crippen molar-refractivity contribution >= 4 is 5.78 Å². The maximum atomic E-state index is 14.1. The summed E-state index contributed by atoms with van der Waals surface area (Å²) in [5, 5.41) is 4.38. The van der Waals surface area contributed by atoms with E-state index in [1.807, 2.05) is 20.8 Å². The van der Waals surface area contributed by atoms with Gasteiger partial charge in [-0.05, 0) is 44.9 Å². The molecule has 0 aliphatic carbocycles. The second-order valence-electron chi connectivity index (χ2n) is 4.61. The molecule has 0 aliphatic rings. The SMILES string of the molecule is CCc1c(C)nn(-c2c(F)cccc2C(C)=O)c1C. The summed E-state index contributed by atoms with van der Waals surface area (Å²) in [6, 6.07) is 4.52. The number of Topliss-reactive ketones (excluding diaryl/α,β-unsaturated/α-hetero) is 1. The highest BCUT2D eigenvalue weighted by Crippen LogP contribution is 2.24. The average Bonchev–Trinajstić information content (AvgIpc) is 2.63. The van der Waals surface area contributed by atoms with Crippen LogP contribution in [0, 0.1) is 19.7 Å². The number of para-hydroxylation sites is 1. The van der Waals surface area contributed by atoms with Crippen molar-refractivity contribution in [2.45, 2.75) is 34.1 Å². The van der Waals surface area contributed by atoms with Gasteiger partial charge in [-0.3, -0.25) is 4.79 Å². The molecule has 1 aromatic carbocycles. The first-order chi connectivity index (χ1) is 8.97. The van der Waals surface area contributed by atoms with Crippen molar-refractivity contribution in [2.75, 3.05) is 0 Å². The first-order valence-electron chi connectivity index (χ1n) is 6.32. The Balaban J connectivity index is 2.75. The first-order valence-corrected chi connectivity index (χ1v) is 6.32. The van der Waals surface area contributed by atoms with Gasteiger partial charge in [0.2, 0.25) is 0 Å². The standard InChI is InChI=1S/C15H17FN2O/c1-5-12-9(2)17-18(10(12)3)15-13(11(4)19)7-6-8-14(15)16/h6-8H,5H2,1-4H3. The molecule has 0 bridgehead atoms. The first kappa shape index (κ1) is 13.5. The molecule has 3 nitrogen and oxygen atoms in total. The lowest BCUT2D eigenvalue weighted by Crippen LogP contribution is -2.09. The summed E-state index contributed by atoms with van der Waals surface area (Å²) in [6.45, 7) is 7.27. The molecule has 0 aliphatic heterocycles. The molecule has 0 amide bonds. The van der Waals surface area contributed by atoms with E-state index < -0.39 is 5.82 Å². The minimum Gasteiger partial charge on any atom is -0.294 e. The smallest absolute Gasteiger partial charge is 0.162 e. The van der Waals surface area contributed by atoms with Gasteiger partial charge >= 0.3 is 0 Å². The Morgan fingerprint density at radius 2 is 2.05 bits per heavy atom. The van der Waals surface area contributed by atoms with Gasteiger partial charge in [-0.2, -0.15) is 5.10 Å². The van der Waals surface area contributed by atoms with Gasteiger partial charge in [-0.25, -0.2) is 9.07 Å². The Morgan fingerprint density at radius 1 is 1.37 bits per heavy atom. The van der Waals surface area contributed by atoms with Crippen molar-refractivity contribution in [3.8, 4) is 5.69 Å². The van der Waals surface area contributed by atoms with E-state index >= 15 is 0 Å². The van der Waals surface area contributed by atoms with Crippen LogP contribution in [-0.4, -0.2) is 15.6 Å². The van der Waals surface area contributed by atoms with E-state index in [4.69, 9.17) is 0 Å². The maximum Gasteiger partial charge on any atom is 0.162 e. The third kappa shape index (κ3) is 2.18. The lowest BCUT2D eigenvalue weighted by atomic mass is 10.1. The molecule has 0 atom stereocenters. The second-order valence-corrected chi connectivity index (χ2v) is 4.61. The van der Waals surface area contributed by atoms with Crippen molar-refractivity contribution in [1.82, 2.24) is 9.78 Å². The molecule has 2 rings (SSSR count). The van der Waals surface area contributed by atoms with Gasteiger partial charge in [0.1, 0.15) is 11.5 Å².